The van der Waals surface area contributed by atoms with Crippen molar-refractivity contribution in [3.63, 3.8) is 0 Å². The van der Waals surface area contributed by atoms with E-state index in [0.29, 0.717) is 45.0 Å². The van der Waals surface area contributed by atoms with Gasteiger partial charge in [-0.3, -0.25) is 14.2 Å². The van der Waals surface area contributed by atoms with Crippen molar-refractivity contribution in [3.8, 4) is 28.8 Å². The topological polar surface area (TPSA) is 135 Å². The number of fused-ring (bicyclic) bond motifs is 1. The molecule has 0 unspecified atom stereocenters. The third-order valence-electron chi connectivity index (χ3n) is 7.29. The van der Waals surface area contributed by atoms with Crippen molar-refractivity contribution in [1.82, 2.24) is 19.3 Å². The molecule has 0 bridgehead atoms. The van der Waals surface area contributed by atoms with Crippen molar-refractivity contribution in [1.29, 1.82) is 5.26 Å². The van der Waals surface area contributed by atoms with Gasteiger partial charge in [-0.2, -0.15) is 10.4 Å². The van der Waals surface area contributed by atoms with Crippen LogP contribution in [-0.4, -0.2) is 30.0 Å². The van der Waals surface area contributed by atoms with Gasteiger partial charge in [-0.25, -0.2) is 14.1 Å². The summed E-state index contributed by atoms with van der Waals surface area (Å²) < 4.78 is 23.6. The Morgan fingerprint density at radius 3 is 2.44 bits per heavy atom. The SMILES string of the molecule is Cn1nc(-c2cccc(-n3ccc4cc(C(C)(C)C#N)cc(F)c4c3=O)c2CO)cc(Nc2ccc(OC(C)(C)C)cn2)c1=O. The predicted octanol–water partition coefficient (Wildman–Crippen LogP) is 5.50. The van der Waals surface area contributed by atoms with E-state index in [1.54, 1.807) is 68.6 Å². The van der Waals surface area contributed by atoms with Crippen LogP contribution in [-0.2, 0) is 19.1 Å². The van der Waals surface area contributed by atoms with E-state index in [-0.39, 0.29) is 11.1 Å². The molecule has 3 aromatic heterocycles. The van der Waals surface area contributed by atoms with E-state index in [4.69, 9.17) is 4.74 Å². The first-order valence-electron chi connectivity index (χ1n) is 14.2. The zero-order valence-corrected chi connectivity index (χ0v) is 25.8. The van der Waals surface area contributed by atoms with Gasteiger partial charge in [-0.05, 0) is 88.0 Å². The fourth-order valence-electron chi connectivity index (χ4n) is 4.99. The Hall–Kier alpha value is -5.34. The van der Waals surface area contributed by atoms with Gasteiger partial charge in [0.15, 0.2) is 0 Å². The molecule has 0 fully saturated rings. The fourth-order valence-corrected chi connectivity index (χ4v) is 4.99. The molecule has 0 saturated carbocycles. The molecule has 0 amide bonds. The number of nitrogens with zero attached hydrogens (tertiary/aromatic N) is 5. The van der Waals surface area contributed by atoms with Gasteiger partial charge < -0.3 is 15.2 Å². The van der Waals surface area contributed by atoms with Crippen LogP contribution in [0.3, 0.4) is 0 Å². The van der Waals surface area contributed by atoms with Crippen LogP contribution in [0.5, 0.6) is 5.75 Å². The summed E-state index contributed by atoms with van der Waals surface area (Å²) in [5, 5.41) is 27.7. The number of hydrogen-bond donors (Lipinski definition) is 2. The summed E-state index contributed by atoms with van der Waals surface area (Å²) in [7, 11) is 1.51. The first-order chi connectivity index (χ1) is 21.2. The number of aromatic nitrogens is 4. The minimum atomic E-state index is -0.945. The molecule has 5 aromatic rings. The highest BCUT2D eigenvalue weighted by Crippen LogP contribution is 2.30. The lowest BCUT2D eigenvalue weighted by Gasteiger charge is -2.21. The molecule has 230 valence electrons. The average Bonchev–Trinajstić information content (AvgIpc) is 2.99. The van der Waals surface area contributed by atoms with Crippen LogP contribution < -0.4 is 21.2 Å². The maximum atomic E-state index is 15.4. The number of nitriles is 1. The molecule has 0 atom stereocenters. The second-order valence-electron chi connectivity index (χ2n) is 12.2. The Morgan fingerprint density at radius 2 is 1.80 bits per heavy atom. The maximum absolute atomic E-state index is 15.4. The van der Waals surface area contributed by atoms with Crippen LogP contribution in [0.1, 0.15) is 45.7 Å². The Kier molecular flexibility index (Phi) is 8.04. The number of hydrogen-bond acceptors (Lipinski definition) is 8. The first kappa shape index (κ1) is 31.1. The van der Waals surface area contributed by atoms with E-state index >= 15 is 4.39 Å². The van der Waals surface area contributed by atoms with Crippen molar-refractivity contribution in [2.75, 3.05) is 5.32 Å². The minimum absolute atomic E-state index is 0.137. The fraction of sp³-hybridized carbons (Fsp3) is 0.265. The molecule has 45 heavy (non-hydrogen) atoms. The van der Waals surface area contributed by atoms with Gasteiger partial charge >= 0.3 is 0 Å². The molecule has 0 aliphatic rings. The molecule has 3 heterocycles. The summed E-state index contributed by atoms with van der Waals surface area (Å²) in [6, 6.07) is 16.6. The molecule has 0 aliphatic heterocycles. The third-order valence-corrected chi connectivity index (χ3v) is 7.29. The van der Waals surface area contributed by atoms with E-state index in [1.807, 2.05) is 20.8 Å². The molecule has 5 rings (SSSR count). The predicted molar refractivity (Wildman–Crippen MR) is 170 cm³/mol. The quantitative estimate of drug-likeness (QED) is 0.247. The van der Waals surface area contributed by atoms with Gasteiger partial charge in [0, 0.05) is 24.4 Å². The van der Waals surface area contributed by atoms with Crippen LogP contribution in [0.25, 0.3) is 27.7 Å². The largest absolute Gasteiger partial charge is 0.487 e. The first-order valence-corrected chi connectivity index (χ1v) is 14.2. The Morgan fingerprint density at radius 1 is 1.04 bits per heavy atom. The number of aryl methyl sites for hydroxylation is 1. The molecule has 2 N–H and O–H groups in total. The van der Waals surface area contributed by atoms with Crippen LogP contribution in [0.4, 0.5) is 15.9 Å². The van der Waals surface area contributed by atoms with Crippen molar-refractivity contribution in [2.24, 2.45) is 7.05 Å². The van der Waals surface area contributed by atoms with E-state index in [2.05, 4.69) is 21.5 Å². The summed E-state index contributed by atoms with van der Waals surface area (Å²) in [5.74, 6) is 0.248. The molecular weight excluding hydrogens is 575 g/mol. The Bertz CT molecular complexity index is 2090. The van der Waals surface area contributed by atoms with Gasteiger partial charge in [0.05, 0.1) is 41.1 Å². The summed E-state index contributed by atoms with van der Waals surface area (Å²) in [4.78, 5) is 31.0. The Labute approximate surface area is 259 Å². The molecular formula is C34H33FN6O4. The molecule has 10 nitrogen and oxygen atoms in total. The Balaban J connectivity index is 1.57. The number of anilines is 2. The number of aliphatic hydroxyl groups is 1. The van der Waals surface area contributed by atoms with Crippen molar-refractivity contribution >= 4 is 22.3 Å². The highest BCUT2D eigenvalue weighted by atomic mass is 19.1. The van der Waals surface area contributed by atoms with Crippen LogP contribution in [0.15, 0.2) is 76.6 Å². The molecule has 0 radical (unpaired) electrons. The second-order valence-corrected chi connectivity index (χ2v) is 12.2. The average molecular weight is 609 g/mol. The number of benzene rings is 2. The van der Waals surface area contributed by atoms with E-state index in [1.165, 1.54) is 28.6 Å². The molecule has 11 heteroatoms. The van der Waals surface area contributed by atoms with Crippen LogP contribution >= 0.6 is 0 Å². The van der Waals surface area contributed by atoms with E-state index in [0.717, 1.165) is 0 Å². The van der Waals surface area contributed by atoms with Gasteiger partial charge in [-0.15, -0.1) is 0 Å². The summed E-state index contributed by atoms with van der Waals surface area (Å²) >= 11 is 0. The van der Waals surface area contributed by atoms with Gasteiger partial charge in [0.1, 0.15) is 28.7 Å². The number of halogens is 1. The number of aliphatic hydroxyl groups excluding tert-OH is 1. The van der Waals surface area contributed by atoms with Crippen LogP contribution in [0, 0.1) is 17.1 Å². The lowest BCUT2D eigenvalue weighted by atomic mass is 9.85. The number of nitrogens with one attached hydrogen (secondary N) is 1. The zero-order valence-electron chi connectivity index (χ0n) is 25.8. The standard InChI is InChI=1S/C34H33FN6O4/c1-33(2,3)45-22-10-11-29(37-17-22)38-27-16-26(39-40(6)31(27)43)23-8-7-9-28(24(23)18-42)41-13-12-20-14-21(34(4,5)19-36)15-25(35)30(20)32(41)44/h7-17,42H,18H2,1-6H3,(H,37,38). The lowest BCUT2D eigenvalue weighted by molar-refractivity contribution is 0.130. The minimum Gasteiger partial charge on any atom is -0.487 e. The van der Waals surface area contributed by atoms with Gasteiger partial charge in [-0.1, -0.05) is 12.1 Å². The summed E-state index contributed by atoms with van der Waals surface area (Å²) in [5.41, 5.74) is -0.235. The monoisotopic (exact) mass is 608 g/mol. The number of rotatable bonds is 7. The molecule has 0 saturated heterocycles. The zero-order chi connectivity index (χ0) is 32.7. The van der Waals surface area contributed by atoms with Gasteiger partial charge in [0.2, 0.25) is 0 Å². The van der Waals surface area contributed by atoms with E-state index < -0.39 is 34.6 Å². The van der Waals surface area contributed by atoms with Crippen molar-refractivity contribution in [2.45, 2.75) is 52.2 Å². The normalized spacial score (nSPS) is 11.8. The summed E-state index contributed by atoms with van der Waals surface area (Å²) in [6.45, 7) is 8.67. The second kappa shape index (κ2) is 11.6. The maximum Gasteiger partial charge on any atom is 0.290 e. The molecule has 0 aliphatic carbocycles. The molecule has 2 aromatic carbocycles. The van der Waals surface area contributed by atoms with Crippen molar-refractivity contribution < 1.29 is 14.2 Å². The lowest BCUT2D eigenvalue weighted by Crippen LogP contribution is -2.24. The van der Waals surface area contributed by atoms with Crippen molar-refractivity contribution in [3.05, 3.63) is 105 Å². The third kappa shape index (κ3) is 6.18. The van der Waals surface area contributed by atoms with Gasteiger partial charge in [0.25, 0.3) is 11.1 Å². The summed E-state index contributed by atoms with van der Waals surface area (Å²) in [6.07, 6.45) is 3.06. The number of pyridine rings is 2. The highest BCUT2D eigenvalue weighted by Gasteiger charge is 2.23. The number of ether oxygens (including phenoxy) is 1. The molecule has 0 spiro atoms. The highest BCUT2D eigenvalue weighted by molar-refractivity contribution is 5.84. The van der Waals surface area contributed by atoms with Crippen LogP contribution in [0.2, 0.25) is 0 Å². The van der Waals surface area contributed by atoms with E-state index in [9.17, 15) is 20.0 Å². The smallest absolute Gasteiger partial charge is 0.290 e.